The quantitative estimate of drug-likeness (QED) is 0.466. The molecule has 0 aliphatic carbocycles. The van der Waals surface area contributed by atoms with Gasteiger partial charge in [-0.15, -0.1) is 0 Å². The average Bonchev–Trinajstić information content (AvgIpc) is 2.40. The van der Waals surface area contributed by atoms with Crippen LogP contribution in [-0.2, 0) is 0 Å². The minimum absolute atomic E-state index is 0.178. The van der Waals surface area contributed by atoms with Crippen molar-refractivity contribution in [3.63, 3.8) is 0 Å². The molecule has 0 bridgehead atoms. The smallest absolute Gasteiger partial charge is 0.292 e. The van der Waals surface area contributed by atoms with Crippen LogP contribution in [0.4, 0.5) is 0 Å². The molecule has 0 fully saturated rings. The number of rotatable bonds is 3. The molecule has 0 amide bonds. The van der Waals surface area contributed by atoms with E-state index >= 15 is 0 Å². The van der Waals surface area contributed by atoms with Crippen LogP contribution < -0.4 is 0 Å². The predicted molar refractivity (Wildman–Crippen MR) is 35.4 cm³/mol. The number of hydrogen-bond acceptors (Lipinski definition) is 4. The van der Waals surface area contributed by atoms with Crippen LogP contribution in [-0.4, -0.2) is 26.6 Å². The van der Waals surface area contributed by atoms with Gasteiger partial charge in [-0.1, -0.05) is 0 Å². The summed E-state index contributed by atoms with van der Waals surface area (Å²) < 4.78 is 0. The first-order valence-electron chi connectivity index (χ1n) is 2.99. The van der Waals surface area contributed by atoms with Crippen molar-refractivity contribution >= 4 is 0 Å². The predicted octanol–water partition coefficient (Wildman–Crippen LogP) is -0.280. The molecule has 0 aliphatic rings. The Kier molecular flexibility index (Phi) is 2.17. The Balaban J connectivity index is 2.79. The molecular weight excluding hydrogens is 150 g/mol. The lowest BCUT2D eigenvalue weighted by atomic mass is 10.3. The lowest BCUT2D eigenvalue weighted by molar-refractivity contribution is -0.533. The van der Waals surface area contributed by atoms with E-state index in [4.69, 9.17) is 5.11 Å². The molecule has 1 unspecified atom stereocenters. The second-order valence-corrected chi connectivity index (χ2v) is 1.96. The van der Waals surface area contributed by atoms with Crippen molar-refractivity contribution in [2.45, 2.75) is 6.04 Å². The minimum Gasteiger partial charge on any atom is -0.389 e. The summed E-state index contributed by atoms with van der Waals surface area (Å²) in [5.41, 5.74) is 0. The van der Waals surface area contributed by atoms with Crippen LogP contribution >= 0.6 is 0 Å². The fourth-order valence-corrected chi connectivity index (χ4v) is 0.713. The fourth-order valence-electron chi connectivity index (χ4n) is 0.713. The third kappa shape index (κ3) is 1.53. The Bertz CT molecular complexity index is 233. The molecule has 0 radical (unpaired) electrons. The van der Waals surface area contributed by atoms with E-state index in [1.807, 2.05) is 0 Å². The molecule has 11 heavy (non-hydrogen) atoms. The summed E-state index contributed by atoms with van der Waals surface area (Å²) in [5, 5.41) is 18.8. The number of H-pyrrole nitrogens is 1. The number of aliphatic hydroxyl groups excluding tert-OH is 1. The summed E-state index contributed by atoms with van der Waals surface area (Å²) in [6.45, 7) is -0.541. The van der Waals surface area contributed by atoms with Gasteiger partial charge in [-0.3, -0.25) is 10.1 Å². The van der Waals surface area contributed by atoms with Gasteiger partial charge in [0.15, 0.2) is 5.82 Å². The normalized spacial score (nSPS) is 12.8. The first kappa shape index (κ1) is 7.67. The molecule has 0 spiro atoms. The third-order valence-corrected chi connectivity index (χ3v) is 1.26. The van der Waals surface area contributed by atoms with E-state index in [-0.39, 0.29) is 5.82 Å². The van der Waals surface area contributed by atoms with Gasteiger partial charge in [0.05, 0.1) is 0 Å². The fraction of sp³-hybridized carbons (Fsp3) is 0.400. The van der Waals surface area contributed by atoms with Crippen molar-refractivity contribution < 1.29 is 10.0 Å². The molecule has 1 rings (SSSR count). The Morgan fingerprint density at radius 3 is 3.00 bits per heavy atom. The molecule has 1 heterocycles. The summed E-state index contributed by atoms with van der Waals surface area (Å²) in [6.07, 6.45) is 2.88. The molecule has 60 valence electrons. The highest BCUT2D eigenvalue weighted by atomic mass is 16.6. The molecule has 2 N–H and O–H groups in total. The van der Waals surface area contributed by atoms with Crippen LogP contribution in [0.2, 0.25) is 0 Å². The zero-order chi connectivity index (χ0) is 8.27. The Morgan fingerprint density at radius 1 is 1.91 bits per heavy atom. The largest absolute Gasteiger partial charge is 0.389 e. The topological polar surface area (TPSA) is 92.1 Å². The van der Waals surface area contributed by atoms with Crippen LogP contribution in [0, 0.1) is 10.1 Å². The SMILES string of the molecule is O=[N+]([O-])C(CO)c1ncc[nH]1. The highest BCUT2D eigenvalue weighted by Gasteiger charge is 2.23. The van der Waals surface area contributed by atoms with E-state index in [0.717, 1.165) is 0 Å². The van der Waals surface area contributed by atoms with E-state index in [1.54, 1.807) is 0 Å². The first-order valence-corrected chi connectivity index (χ1v) is 2.99. The molecule has 0 aromatic carbocycles. The van der Waals surface area contributed by atoms with Crippen molar-refractivity contribution in [3.05, 3.63) is 28.3 Å². The molecule has 6 heteroatoms. The maximum Gasteiger partial charge on any atom is 0.292 e. The Labute approximate surface area is 62.0 Å². The average molecular weight is 157 g/mol. The van der Waals surface area contributed by atoms with Crippen molar-refractivity contribution in [1.82, 2.24) is 9.97 Å². The Morgan fingerprint density at radius 2 is 2.64 bits per heavy atom. The highest BCUT2D eigenvalue weighted by molar-refractivity contribution is 4.91. The van der Waals surface area contributed by atoms with Gasteiger partial charge in [0.25, 0.3) is 6.04 Å². The van der Waals surface area contributed by atoms with Crippen molar-refractivity contribution in [2.24, 2.45) is 0 Å². The number of nitrogens with one attached hydrogen (secondary N) is 1. The molecule has 1 aromatic rings. The van der Waals surface area contributed by atoms with Crippen LogP contribution in [0.5, 0.6) is 0 Å². The van der Waals surface area contributed by atoms with Gasteiger partial charge < -0.3 is 10.1 Å². The zero-order valence-corrected chi connectivity index (χ0v) is 5.60. The highest BCUT2D eigenvalue weighted by Crippen LogP contribution is 2.09. The summed E-state index contributed by atoms with van der Waals surface area (Å²) >= 11 is 0. The van der Waals surface area contributed by atoms with Gasteiger partial charge in [0.2, 0.25) is 0 Å². The van der Waals surface area contributed by atoms with Crippen LogP contribution in [0.15, 0.2) is 12.4 Å². The number of imidazole rings is 1. The van der Waals surface area contributed by atoms with E-state index in [1.165, 1.54) is 12.4 Å². The lowest BCUT2D eigenvalue weighted by Gasteiger charge is -2.00. The van der Waals surface area contributed by atoms with Crippen LogP contribution in [0.3, 0.4) is 0 Å². The molecule has 0 saturated carbocycles. The van der Waals surface area contributed by atoms with Gasteiger partial charge in [0.1, 0.15) is 6.61 Å². The van der Waals surface area contributed by atoms with E-state index < -0.39 is 17.6 Å². The van der Waals surface area contributed by atoms with Gasteiger partial charge in [-0.25, -0.2) is 4.98 Å². The van der Waals surface area contributed by atoms with Crippen LogP contribution in [0.1, 0.15) is 11.9 Å². The maximum atomic E-state index is 10.2. The monoisotopic (exact) mass is 157 g/mol. The molecule has 0 saturated heterocycles. The number of nitro groups is 1. The summed E-state index contributed by atoms with van der Waals surface area (Å²) in [4.78, 5) is 15.8. The standard InChI is InChI=1S/C5H7N3O3/c9-3-4(8(10)11)5-6-1-2-7-5/h1-2,4,9H,3H2,(H,6,7). The third-order valence-electron chi connectivity index (χ3n) is 1.26. The second-order valence-electron chi connectivity index (χ2n) is 1.96. The summed E-state index contributed by atoms with van der Waals surface area (Å²) in [7, 11) is 0. The number of nitrogens with zero attached hydrogens (tertiary/aromatic N) is 2. The first-order chi connectivity index (χ1) is 5.25. The van der Waals surface area contributed by atoms with E-state index in [9.17, 15) is 10.1 Å². The van der Waals surface area contributed by atoms with E-state index in [2.05, 4.69) is 9.97 Å². The van der Waals surface area contributed by atoms with Crippen LogP contribution in [0.25, 0.3) is 0 Å². The summed E-state index contributed by atoms with van der Waals surface area (Å²) in [5.74, 6) is 0.178. The lowest BCUT2D eigenvalue weighted by Crippen LogP contribution is -2.15. The number of aromatic nitrogens is 2. The van der Waals surface area contributed by atoms with Crippen molar-refractivity contribution in [3.8, 4) is 0 Å². The second kappa shape index (κ2) is 3.11. The number of aliphatic hydroxyl groups is 1. The molecule has 1 atom stereocenters. The van der Waals surface area contributed by atoms with E-state index in [0.29, 0.717) is 0 Å². The maximum absolute atomic E-state index is 10.2. The van der Waals surface area contributed by atoms with Gasteiger partial charge in [-0.2, -0.15) is 0 Å². The number of hydrogen-bond donors (Lipinski definition) is 2. The van der Waals surface area contributed by atoms with Gasteiger partial charge in [0, 0.05) is 17.3 Å². The van der Waals surface area contributed by atoms with Crippen molar-refractivity contribution in [2.75, 3.05) is 6.61 Å². The van der Waals surface area contributed by atoms with Gasteiger partial charge in [-0.05, 0) is 0 Å². The molecular formula is C5H7N3O3. The Hall–Kier alpha value is -1.43. The molecule has 0 aliphatic heterocycles. The zero-order valence-electron chi connectivity index (χ0n) is 5.60. The number of aromatic amines is 1. The van der Waals surface area contributed by atoms with Gasteiger partial charge >= 0.3 is 0 Å². The van der Waals surface area contributed by atoms with Crippen molar-refractivity contribution in [1.29, 1.82) is 0 Å². The molecule has 1 aromatic heterocycles. The minimum atomic E-state index is -1.13. The molecule has 6 nitrogen and oxygen atoms in total. The summed E-state index contributed by atoms with van der Waals surface area (Å²) in [6, 6.07) is -1.13.